The van der Waals surface area contributed by atoms with Gasteiger partial charge in [0.1, 0.15) is 0 Å². The van der Waals surface area contributed by atoms with Crippen LogP contribution in [0.15, 0.2) is 176 Å². The number of para-hydroxylation sites is 3. The van der Waals surface area contributed by atoms with E-state index in [1.54, 1.807) is 0 Å². The van der Waals surface area contributed by atoms with E-state index in [9.17, 15) is 0 Å². The van der Waals surface area contributed by atoms with E-state index in [0.29, 0.717) is 0 Å². The first-order chi connectivity index (χ1) is 26.3. The molecule has 0 fully saturated rings. The van der Waals surface area contributed by atoms with Crippen molar-refractivity contribution in [2.75, 3.05) is 4.90 Å². The van der Waals surface area contributed by atoms with Crippen molar-refractivity contribution in [1.29, 1.82) is 0 Å². The van der Waals surface area contributed by atoms with Crippen molar-refractivity contribution in [3.8, 4) is 26.6 Å². The van der Waals surface area contributed by atoms with Crippen LogP contribution >= 0.6 is 11.3 Å². The van der Waals surface area contributed by atoms with Crippen LogP contribution in [0, 0.1) is 0 Å². The standard InChI is InChI=1S/C50H34N2S/c1-4-12-36(13-5-1)51(37-14-6-2-7-15-37)39-25-20-33(21-26-39)46-30-31-47(53-46)40-27-22-34-23-29-43-49-35(24-28-41(40)48(34)49)32-45-50(43)42-18-10-11-19-44(42)52(45)38-16-8-3-9-17-38/h1-10,12-18,20-32H,11,19H2. The van der Waals surface area contributed by atoms with Gasteiger partial charge in [-0.25, -0.2) is 0 Å². The summed E-state index contributed by atoms with van der Waals surface area (Å²) in [6.45, 7) is 0. The average Bonchev–Trinajstić information content (AvgIpc) is 3.85. The van der Waals surface area contributed by atoms with Gasteiger partial charge in [-0.2, -0.15) is 0 Å². The molecule has 11 rings (SSSR count). The van der Waals surface area contributed by atoms with Crippen LogP contribution in [0.5, 0.6) is 0 Å². The zero-order chi connectivity index (χ0) is 34.9. The fourth-order valence-corrected chi connectivity index (χ4v) is 9.73. The molecule has 0 amide bonds. The summed E-state index contributed by atoms with van der Waals surface area (Å²) in [5, 5.41) is 9.35. The molecule has 0 spiro atoms. The van der Waals surface area contributed by atoms with Crippen molar-refractivity contribution in [1.82, 2.24) is 4.57 Å². The Labute approximate surface area is 312 Å². The molecule has 0 radical (unpaired) electrons. The van der Waals surface area contributed by atoms with Gasteiger partial charge >= 0.3 is 0 Å². The molecule has 53 heavy (non-hydrogen) atoms. The second-order valence-electron chi connectivity index (χ2n) is 14.0. The molecule has 250 valence electrons. The van der Waals surface area contributed by atoms with Crippen LogP contribution in [0.25, 0.3) is 75.9 Å². The maximum Gasteiger partial charge on any atom is 0.0550 e. The number of nitrogens with zero attached hydrogens (tertiary/aromatic N) is 2. The first-order valence-electron chi connectivity index (χ1n) is 18.4. The number of hydrogen-bond donors (Lipinski definition) is 0. The highest BCUT2D eigenvalue weighted by molar-refractivity contribution is 7.18. The van der Waals surface area contributed by atoms with E-state index in [4.69, 9.17) is 0 Å². The summed E-state index contributed by atoms with van der Waals surface area (Å²) in [6.07, 6.45) is 6.83. The van der Waals surface area contributed by atoms with Gasteiger partial charge in [-0.3, -0.25) is 0 Å². The van der Waals surface area contributed by atoms with Crippen LogP contribution in [0.3, 0.4) is 0 Å². The normalized spacial score (nSPS) is 12.7. The first kappa shape index (κ1) is 30.2. The molecule has 0 atom stereocenters. The first-order valence-corrected chi connectivity index (χ1v) is 19.2. The summed E-state index contributed by atoms with van der Waals surface area (Å²) in [5.41, 5.74) is 11.3. The molecule has 0 saturated carbocycles. The Morgan fingerprint density at radius 3 is 1.89 bits per heavy atom. The van der Waals surface area contributed by atoms with Gasteiger partial charge in [-0.15, -0.1) is 11.3 Å². The number of anilines is 3. The Balaban J connectivity index is 1.02. The van der Waals surface area contributed by atoms with E-state index in [1.165, 1.54) is 81.0 Å². The molecule has 1 aliphatic carbocycles. The second kappa shape index (κ2) is 12.1. The number of aromatic nitrogens is 1. The molecular weight excluding hydrogens is 661 g/mol. The van der Waals surface area contributed by atoms with Crippen molar-refractivity contribution in [2.24, 2.45) is 0 Å². The second-order valence-corrected chi connectivity index (χ2v) is 15.1. The van der Waals surface area contributed by atoms with Crippen LogP contribution < -0.4 is 4.90 Å². The van der Waals surface area contributed by atoms with Gasteiger partial charge in [0, 0.05) is 49.1 Å². The van der Waals surface area contributed by atoms with Crippen LogP contribution in [0.4, 0.5) is 17.1 Å². The van der Waals surface area contributed by atoms with Crippen molar-refractivity contribution < 1.29 is 0 Å². The summed E-state index contributed by atoms with van der Waals surface area (Å²) >= 11 is 1.87. The Hall–Kier alpha value is -6.42. The third kappa shape index (κ3) is 4.78. The monoisotopic (exact) mass is 694 g/mol. The number of hydrogen-bond acceptors (Lipinski definition) is 2. The Morgan fingerprint density at radius 1 is 0.509 bits per heavy atom. The highest BCUT2D eigenvalue weighted by Gasteiger charge is 2.23. The lowest BCUT2D eigenvalue weighted by molar-refractivity contribution is 0.889. The number of fused-ring (bicyclic) bond motifs is 4. The number of allylic oxidation sites excluding steroid dienone is 1. The molecule has 1 aliphatic rings. The molecule has 3 heteroatoms. The van der Waals surface area contributed by atoms with Crippen LogP contribution in [-0.4, -0.2) is 4.57 Å². The summed E-state index contributed by atoms with van der Waals surface area (Å²) in [6, 6.07) is 62.1. The maximum absolute atomic E-state index is 2.51. The Kier molecular flexibility index (Phi) is 6.89. The predicted molar refractivity (Wildman–Crippen MR) is 228 cm³/mol. The topological polar surface area (TPSA) is 8.17 Å². The van der Waals surface area contributed by atoms with Crippen molar-refractivity contribution in [2.45, 2.75) is 12.8 Å². The largest absolute Gasteiger partial charge is 0.313 e. The summed E-state index contributed by atoms with van der Waals surface area (Å²) < 4.78 is 2.51. The number of rotatable bonds is 6. The molecule has 10 aromatic rings. The quantitative estimate of drug-likeness (QED) is 0.157. The fourth-order valence-electron chi connectivity index (χ4n) is 8.68. The van der Waals surface area contributed by atoms with Crippen LogP contribution in [-0.2, 0) is 6.42 Å². The minimum absolute atomic E-state index is 1.05. The van der Waals surface area contributed by atoms with E-state index in [2.05, 4.69) is 191 Å². The number of thiophene rings is 1. The summed E-state index contributed by atoms with van der Waals surface area (Å²) in [5.74, 6) is 0. The Bertz CT molecular complexity index is 2930. The van der Waals surface area contributed by atoms with Crippen LogP contribution in [0.1, 0.15) is 17.7 Å². The average molecular weight is 695 g/mol. The van der Waals surface area contributed by atoms with Gasteiger partial charge in [0.25, 0.3) is 0 Å². The van der Waals surface area contributed by atoms with Crippen molar-refractivity contribution in [3.05, 3.63) is 187 Å². The molecule has 0 unspecified atom stereocenters. The van der Waals surface area contributed by atoms with Crippen molar-refractivity contribution in [3.63, 3.8) is 0 Å². The van der Waals surface area contributed by atoms with Gasteiger partial charge < -0.3 is 9.47 Å². The summed E-state index contributed by atoms with van der Waals surface area (Å²) in [4.78, 5) is 4.87. The molecule has 2 nitrogen and oxygen atoms in total. The minimum Gasteiger partial charge on any atom is -0.313 e. The van der Waals surface area contributed by atoms with E-state index in [1.807, 2.05) is 11.3 Å². The van der Waals surface area contributed by atoms with E-state index >= 15 is 0 Å². The lowest BCUT2D eigenvalue weighted by Crippen LogP contribution is -2.09. The molecular formula is C50H34N2S. The van der Waals surface area contributed by atoms with Gasteiger partial charge in [0.05, 0.1) is 5.52 Å². The zero-order valence-corrected chi connectivity index (χ0v) is 29.9. The molecule has 0 saturated heterocycles. The fraction of sp³-hybridized carbons (Fsp3) is 0.0400. The molecule has 0 aliphatic heterocycles. The number of benzene rings is 8. The zero-order valence-electron chi connectivity index (χ0n) is 29.0. The predicted octanol–water partition coefficient (Wildman–Crippen LogP) is 14.4. The minimum atomic E-state index is 1.05. The maximum atomic E-state index is 2.51. The van der Waals surface area contributed by atoms with Crippen LogP contribution in [0.2, 0.25) is 0 Å². The molecule has 0 bridgehead atoms. The summed E-state index contributed by atoms with van der Waals surface area (Å²) in [7, 11) is 0. The smallest absolute Gasteiger partial charge is 0.0550 e. The molecule has 8 aromatic carbocycles. The highest BCUT2D eigenvalue weighted by Crippen LogP contribution is 2.47. The van der Waals surface area contributed by atoms with Gasteiger partial charge in [-0.05, 0) is 123 Å². The lowest BCUT2D eigenvalue weighted by atomic mass is 9.89. The molecule has 0 N–H and O–H groups in total. The Morgan fingerprint density at radius 2 is 1.13 bits per heavy atom. The van der Waals surface area contributed by atoms with Crippen molar-refractivity contribution >= 4 is 77.7 Å². The molecule has 2 heterocycles. The lowest BCUT2D eigenvalue weighted by Gasteiger charge is -2.25. The van der Waals surface area contributed by atoms with Gasteiger partial charge in [-0.1, -0.05) is 115 Å². The van der Waals surface area contributed by atoms with E-state index < -0.39 is 0 Å². The highest BCUT2D eigenvalue weighted by atomic mass is 32.1. The van der Waals surface area contributed by atoms with E-state index in [0.717, 1.165) is 29.9 Å². The van der Waals surface area contributed by atoms with E-state index in [-0.39, 0.29) is 0 Å². The molecule has 2 aromatic heterocycles. The SMILES string of the molecule is C1=Cc2c(n(-c3ccccc3)c3cc4ccc5c(-c6ccc(-c7ccc(N(c8ccccc8)c8ccccc8)cc7)s6)ccc6ccc(c23)c4c65)CC1. The van der Waals surface area contributed by atoms with Gasteiger partial charge in [0.2, 0.25) is 0 Å². The third-order valence-electron chi connectivity index (χ3n) is 11.0. The third-order valence-corrected chi connectivity index (χ3v) is 12.2. The van der Waals surface area contributed by atoms with Gasteiger partial charge in [0.15, 0.2) is 0 Å².